The molecule has 0 aliphatic rings. The van der Waals surface area contributed by atoms with Crippen molar-refractivity contribution in [3.8, 4) is 5.75 Å². The first-order valence-electron chi connectivity index (χ1n) is 5.89. The third-order valence-electron chi connectivity index (χ3n) is 2.55. The van der Waals surface area contributed by atoms with Crippen LogP contribution in [0, 0.1) is 0 Å². The highest BCUT2D eigenvalue weighted by Gasteiger charge is 2.00. The van der Waals surface area contributed by atoms with Crippen LogP contribution >= 0.6 is 15.9 Å². The van der Waals surface area contributed by atoms with E-state index in [1.165, 1.54) is 0 Å². The minimum absolute atomic E-state index is 0.467. The van der Waals surface area contributed by atoms with Crippen molar-refractivity contribution in [2.24, 2.45) is 0 Å². The molecular weight excluding hydrogens is 304 g/mol. The van der Waals surface area contributed by atoms with E-state index in [2.05, 4.69) is 15.9 Å². The van der Waals surface area contributed by atoms with Crippen molar-refractivity contribution < 1.29 is 9.53 Å². The Morgan fingerprint density at radius 3 is 2.63 bits per heavy atom. The van der Waals surface area contributed by atoms with Gasteiger partial charge in [-0.25, -0.2) is 0 Å². The molecule has 0 atom stereocenters. The molecule has 0 heterocycles. The lowest BCUT2D eigenvalue weighted by molar-refractivity contribution is 0.112. The SMILES string of the molecule is O=Cc1cc(OC/C=C/c2ccccc2)ccc1Br. The molecule has 2 aromatic carbocycles. The lowest BCUT2D eigenvalue weighted by Crippen LogP contribution is -1.94. The van der Waals surface area contributed by atoms with Gasteiger partial charge in [-0.2, -0.15) is 0 Å². The molecule has 0 radical (unpaired) electrons. The summed E-state index contributed by atoms with van der Waals surface area (Å²) in [6.07, 6.45) is 4.74. The smallest absolute Gasteiger partial charge is 0.151 e. The largest absolute Gasteiger partial charge is 0.490 e. The molecule has 2 nitrogen and oxygen atoms in total. The monoisotopic (exact) mass is 316 g/mol. The van der Waals surface area contributed by atoms with Crippen LogP contribution in [0.2, 0.25) is 0 Å². The van der Waals surface area contributed by atoms with E-state index in [4.69, 9.17) is 4.74 Å². The number of carbonyl (C=O) groups is 1. The van der Waals surface area contributed by atoms with Crippen molar-refractivity contribution in [2.75, 3.05) is 6.61 Å². The van der Waals surface area contributed by atoms with Gasteiger partial charge < -0.3 is 4.74 Å². The van der Waals surface area contributed by atoms with Crippen LogP contribution in [0.4, 0.5) is 0 Å². The van der Waals surface area contributed by atoms with Crippen LogP contribution in [-0.2, 0) is 0 Å². The van der Waals surface area contributed by atoms with E-state index < -0.39 is 0 Å². The molecule has 0 saturated heterocycles. The van der Waals surface area contributed by atoms with Gasteiger partial charge >= 0.3 is 0 Å². The van der Waals surface area contributed by atoms with Crippen LogP contribution in [0.3, 0.4) is 0 Å². The van der Waals surface area contributed by atoms with Crippen molar-refractivity contribution in [3.63, 3.8) is 0 Å². The Labute approximate surface area is 120 Å². The van der Waals surface area contributed by atoms with Gasteiger partial charge in [-0.05, 0) is 29.8 Å². The second-order valence-electron chi connectivity index (χ2n) is 3.93. The highest BCUT2D eigenvalue weighted by Crippen LogP contribution is 2.21. The molecule has 96 valence electrons. The Kier molecular flexibility index (Phi) is 4.93. The third-order valence-corrected chi connectivity index (χ3v) is 3.27. The maximum atomic E-state index is 10.8. The fourth-order valence-electron chi connectivity index (χ4n) is 1.59. The van der Waals surface area contributed by atoms with Crippen molar-refractivity contribution >= 4 is 28.3 Å². The van der Waals surface area contributed by atoms with E-state index in [1.54, 1.807) is 12.1 Å². The lowest BCUT2D eigenvalue weighted by Gasteiger charge is -2.04. The predicted molar refractivity (Wildman–Crippen MR) is 80.5 cm³/mol. The number of ether oxygens (including phenoxy) is 1. The zero-order valence-corrected chi connectivity index (χ0v) is 11.8. The van der Waals surface area contributed by atoms with E-state index in [9.17, 15) is 4.79 Å². The zero-order chi connectivity index (χ0) is 13.5. The predicted octanol–water partition coefficient (Wildman–Crippen LogP) is 4.35. The summed E-state index contributed by atoms with van der Waals surface area (Å²) in [5, 5.41) is 0. The molecule has 19 heavy (non-hydrogen) atoms. The van der Waals surface area contributed by atoms with E-state index in [0.717, 1.165) is 16.3 Å². The van der Waals surface area contributed by atoms with Gasteiger partial charge in [-0.3, -0.25) is 4.79 Å². The van der Waals surface area contributed by atoms with Gasteiger partial charge in [0.15, 0.2) is 6.29 Å². The first-order chi connectivity index (χ1) is 9.29. The number of aldehydes is 1. The summed E-state index contributed by atoms with van der Waals surface area (Å²) in [6.45, 7) is 0.467. The summed E-state index contributed by atoms with van der Waals surface area (Å²) < 4.78 is 6.33. The molecule has 0 saturated carbocycles. The number of hydrogen-bond donors (Lipinski definition) is 0. The van der Waals surface area contributed by atoms with Gasteiger partial charge in [0.25, 0.3) is 0 Å². The Hall–Kier alpha value is -1.87. The lowest BCUT2D eigenvalue weighted by atomic mass is 10.2. The van der Waals surface area contributed by atoms with Crippen molar-refractivity contribution in [3.05, 3.63) is 70.2 Å². The van der Waals surface area contributed by atoms with Crippen molar-refractivity contribution in [1.29, 1.82) is 0 Å². The first kappa shape index (κ1) is 13.6. The Bertz CT molecular complexity index is 577. The minimum atomic E-state index is 0.467. The quantitative estimate of drug-likeness (QED) is 0.766. The summed E-state index contributed by atoms with van der Waals surface area (Å²) in [6, 6.07) is 15.4. The van der Waals surface area contributed by atoms with Gasteiger partial charge in [0.1, 0.15) is 12.4 Å². The van der Waals surface area contributed by atoms with Crippen molar-refractivity contribution in [1.82, 2.24) is 0 Å². The first-order valence-corrected chi connectivity index (χ1v) is 6.68. The van der Waals surface area contributed by atoms with Gasteiger partial charge in [0.05, 0.1) is 0 Å². The number of benzene rings is 2. The third kappa shape index (κ3) is 4.07. The molecule has 0 unspecified atom stereocenters. The molecule has 0 fully saturated rings. The van der Waals surface area contributed by atoms with E-state index in [1.807, 2.05) is 48.6 Å². The van der Waals surface area contributed by atoms with Gasteiger partial charge in [0.2, 0.25) is 0 Å². The normalized spacial score (nSPS) is 10.6. The van der Waals surface area contributed by atoms with Gasteiger partial charge in [0, 0.05) is 10.0 Å². The number of hydrogen-bond acceptors (Lipinski definition) is 2. The molecule has 0 amide bonds. The molecular formula is C16H13BrO2. The summed E-state index contributed by atoms with van der Waals surface area (Å²) in [5.74, 6) is 0.683. The highest BCUT2D eigenvalue weighted by molar-refractivity contribution is 9.10. The Morgan fingerprint density at radius 2 is 1.89 bits per heavy atom. The van der Waals surface area contributed by atoms with Gasteiger partial charge in [-0.1, -0.05) is 52.3 Å². The van der Waals surface area contributed by atoms with E-state index in [-0.39, 0.29) is 0 Å². The second-order valence-corrected chi connectivity index (χ2v) is 4.78. The van der Waals surface area contributed by atoms with Gasteiger partial charge in [-0.15, -0.1) is 0 Å². The van der Waals surface area contributed by atoms with Crippen LogP contribution in [-0.4, -0.2) is 12.9 Å². The second kappa shape index (κ2) is 6.90. The molecule has 0 aliphatic heterocycles. The maximum absolute atomic E-state index is 10.8. The molecule has 0 aromatic heterocycles. The molecule has 0 spiro atoms. The van der Waals surface area contributed by atoms with Crippen LogP contribution < -0.4 is 4.74 Å². The highest BCUT2D eigenvalue weighted by atomic mass is 79.9. The maximum Gasteiger partial charge on any atom is 0.151 e. The van der Waals surface area contributed by atoms with Crippen LogP contribution in [0.25, 0.3) is 6.08 Å². The molecule has 0 aliphatic carbocycles. The number of halogens is 1. The average molecular weight is 317 g/mol. The fourth-order valence-corrected chi connectivity index (χ4v) is 1.93. The Morgan fingerprint density at radius 1 is 1.11 bits per heavy atom. The summed E-state index contributed by atoms with van der Waals surface area (Å²) in [4.78, 5) is 10.8. The van der Waals surface area contributed by atoms with Crippen LogP contribution in [0.15, 0.2) is 59.1 Å². The average Bonchev–Trinajstić information content (AvgIpc) is 2.46. The van der Waals surface area contributed by atoms with Crippen LogP contribution in [0.5, 0.6) is 5.75 Å². The Balaban J connectivity index is 1.92. The fraction of sp³-hybridized carbons (Fsp3) is 0.0625. The molecule has 3 heteroatoms. The summed E-state index contributed by atoms with van der Waals surface area (Å²) >= 11 is 3.30. The zero-order valence-electron chi connectivity index (χ0n) is 10.3. The van der Waals surface area contributed by atoms with Crippen molar-refractivity contribution in [2.45, 2.75) is 0 Å². The minimum Gasteiger partial charge on any atom is -0.490 e. The molecule has 2 rings (SSSR count). The molecule has 2 aromatic rings. The summed E-state index contributed by atoms with van der Waals surface area (Å²) in [7, 11) is 0. The standard InChI is InChI=1S/C16H13BrO2/c17-16-9-8-15(11-14(16)12-18)19-10-4-7-13-5-2-1-3-6-13/h1-9,11-12H,10H2/b7-4+. The van der Waals surface area contributed by atoms with Crippen LogP contribution in [0.1, 0.15) is 15.9 Å². The topological polar surface area (TPSA) is 26.3 Å². The number of carbonyl (C=O) groups excluding carboxylic acids is 1. The summed E-state index contributed by atoms with van der Waals surface area (Å²) in [5.41, 5.74) is 1.72. The molecule has 0 bridgehead atoms. The number of rotatable bonds is 5. The molecule has 0 N–H and O–H groups in total. The van der Waals surface area contributed by atoms with E-state index >= 15 is 0 Å². The van der Waals surface area contributed by atoms with E-state index in [0.29, 0.717) is 17.9 Å².